The lowest BCUT2D eigenvalue weighted by molar-refractivity contribution is 0.0799. The van der Waals surface area contributed by atoms with Crippen LogP contribution in [0.4, 0.5) is 0 Å². The fraction of sp³-hybridized carbons (Fsp3) is 1.00. The molecule has 0 amide bonds. The summed E-state index contributed by atoms with van der Waals surface area (Å²) in [7, 11) is -1.15. The Morgan fingerprint density at radius 1 is 1.29 bits per heavy atom. The van der Waals surface area contributed by atoms with Crippen molar-refractivity contribution in [2.24, 2.45) is 0 Å². The largest absolute Gasteiger partial charge is 0.380 e. The summed E-state index contributed by atoms with van der Waals surface area (Å²) < 4.78 is 28.1. The van der Waals surface area contributed by atoms with Crippen LogP contribution in [0.3, 0.4) is 0 Å². The summed E-state index contributed by atoms with van der Waals surface area (Å²) in [6.45, 7) is 6.77. The summed E-state index contributed by atoms with van der Waals surface area (Å²) in [4.78, 5) is 0. The average molecular weight is 265 g/mol. The predicted octanol–water partition coefficient (Wildman–Crippen LogP) is 1.60. The molecule has 0 saturated carbocycles. The van der Waals surface area contributed by atoms with Crippen LogP contribution in [0.25, 0.3) is 0 Å². The van der Waals surface area contributed by atoms with E-state index in [0.29, 0.717) is 6.42 Å². The van der Waals surface area contributed by atoms with Crippen LogP contribution in [0.1, 0.15) is 40.0 Å². The maximum Gasteiger partial charge on any atom is 0.150 e. The first kappa shape index (κ1) is 16.9. The molecule has 2 unspecified atom stereocenters. The fourth-order valence-electron chi connectivity index (χ4n) is 1.66. The highest BCUT2D eigenvalue weighted by Crippen LogP contribution is 2.07. The molecule has 0 fully saturated rings. The van der Waals surface area contributed by atoms with E-state index in [9.17, 15) is 8.42 Å². The molecular formula is C12H27NO3S. The summed E-state index contributed by atoms with van der Waals surface area (Å²) in [5.41, 5.74) is 0. The Bertz CT molecular complexity index is 277. The molecule has 2 atom stereocenters. The van der Waals surface area contributed by atoms with Gasteiger partial charge in [-0.05, 0) is 32.7 Å². The highest BCUT2D eigenvalue weighted by Gasteiger charge is 2.17. The van der Waals surface area contributed by atoms with Crippen molar-refractivity contribution in [1.29, 1.82) is 0 Å². The second-order valence-corrected chi connectivity index (χ2v) is 6.85. The lowest BCUT2D eigenvalue weighted by Crippen LogP contribution is -2.40. The first-order valence-corrected chi connectivity index (χ1v) is 8.25. The van der Waals surface area contributed by atoms with Crippen molar-refractivity contribution in [1.82, 2.24) is 5.32 Å². The van der Waals surface area contributed by atoms with Crippen LogP contribution in [-0.2, 0) is 14.6 Å². The lowest BCUT2D eigenvalue weighted by atomic mass is 10.1. The van der Waals surface area contributed by atoms with Crippen LogP contribution in [-0.4, -0.2) is 45.7 Å². The van der Waals surface area contributed by atoms with Gasteiger partial charge in [0.1, 0.15) is 9.84 Å². The molecule has 0 heterocycles. The van der Waals surface area contributed by atoms with Crippen LogP contribution in [0.15, 0.2) is 0 Å². The summed E-state index contributed by atoms with van der Waals surface area (Å²) >= 11 is 0. The van der Waals surface area contributed by atoms with Gasteiger partial charge in [-0.3, -0.25) is 0 Å². The van der Waals surface area contributed by atoms with E-state index in [1.54, 1.807) is 14.0 Å². The van der Waals surface area contributed by atoms with Gasteiger partial charge in [-0.2, -0.15) is 0 Å². The molecule has 5 heteroatoms. The quantitative estimate of drug-likeness (QED) is 0.652. The molecule has 0 saturated heterocycles. The van der Waals surface area contributed by atoms with E-state index in [1.165, 1.54) is 0 Å². The molecule has 4 nitrogen and oxygen atoms in total. The van der Waals surface area contributed by atoms with E-state index in [1.807, 2.05) is 6.92 Å². The molecular weight excluding hydrogens is 238 g/mol. The fourth-order valence-corrected chi connectivity index (χ4v) is 2.56. The minimum Gasteiger partial charge on any atom is -0.380 e. The van der Waals surface area contributed by atoms with Crippen LogP contribution in [0, 0.1) is 0 Å². The molecule has 0 aliphatic rings. The zero-order valence-corrected chi connectivity index (χ0v) is 12.3. The van der Waals surface area contributed by atoms with Crippen molar-refractivity contribution in [2.45, 2.75) is 52.2 Å². The normalized spacial score (nSPS) is 15.8. The Kier molecular flexibility index (Phi) is 8.82. The van der Waals surface area contributed by atoms with E-state index in [0.717, 1.165) is 19.4 Å². The molecule has 0 aromatic carbocycles. The number of sulfone groups is 1. The van der Waals surface area contributed by atoms with Crippen molar-refractivity contribution in [3.63, 3.8) is 0 Å². The Morgan fingerprint density at radius 2 is 1.94 bits per heavy atom. The summed E-state index contributed by atoms with van der Waals surface area (Å²) in [6.07, 6.45) is 2.73. The predicted molar refractivity (Wildman–Crippen MR) is 72.1 cm³/mol. The molecule has 0 radical (unpaired) electrons. The highest BCUT2D eigenvalue weighted by molar-refractivity contribution is 7.91. The van der Waals surface area contributed by atoms with Gasteiger partial charge in [0.05, 0.1) is 11.9 Å². The Balaban J connectivity index is 4.07. The van der Waals surface area contributed by atoms with E-state index in [4.69, 9.17) is 4.74 Å². The Morgan fingerprint density at radius 3 is 2.41 bits per heavy atom. The van der Waals surface area contributed by atoms with E-state index in [-0.39, 0.29) is 23.7 Å². The van der Waals surface area contributed by atoms with Gasteiger partial charge in [0, 0.05) is 18.9 Å². The average Bonchev–Trinajstić information content (AvgIpc) is 2.32. The van der Waals surface area contributed by atoms with Crippen molar-refractivity contribution < 1.29 is 13.2 Å². The van der Waals surface area contributed by atoms with Gasteiger partial charge in [-0.25, -0.2) is 8.42 Å². The van der Waals surface area contributed by atoms with Gasteiger partial charge < -0.3 is 10.1 Å². The molecule has 0 rings (SSSR count). The Labute approximate surface area is 106 Å². The number of rotatable bonds is 10. The van der Waals surface area contributed by atoms with Gasteiger partial charge in [-0.15, -0.1) is 0 Å². The van der Waals surface area contributed by atoms with Gasteiger partial charge in [0.15, 0.2) is 0 Å². The van der Waals surface area contributed by atoms with Crippen LogP contribution >= 0.6 is 0 Å². The lowest BCUT2D eigenvalue weighted by Gasteiger charge is -2.24. The number of hydrogen-bond acceptors (Lipinski definition) is 4. The zero-order chi connectivity index (χ0) is 13.3. The molecule has 1 N–H and O–H groups in total. The van der Waals surface area contributed by atoms with E-state index in [2.05, 4.69) is 12.2 Å². The molecule has 0 bridgehead atoms. The van der Waals surface area contributed by atoms with Crippen LogP contribution in [0.5, 0.6) is 0 Å². The molecule has 0 aromatic heterocycles. The molecule has 0 spiro atoms. The molecule has 104 valence electrons. The number of ether oxygens (including phenoxy) is 1. The van der Waals surface area contributed by atoms with Gasteiger partial charge >= 0.3 is 0 Å². The minimum atomic E-state index is -2.84. The molecule has 0 aliphatic carbocycles. The standard InChI is InChI=1S/C12H27NO3S/c1-5-9-13-12(11(3)16-4)8-7-10-17(14,15)6-2/h11-13H,5-10H2,1-4H3. The molecule has 17 heavy (non-hydrogen) atoms. The summed E-state index contributed by atoms with van der Waals surface area (Å²) in [6, 6.07) is 0.243. The van der Waals surface area contributed by atoms with E-state index >= 15 is 0 Å². The number of hydrogen-bond donors (Lipinski definition) is 1. The second kappa shape index (κ2) is 8.89. The van der Waals surface area contributed by atoms with Crippen molar-refractivity contribution in [3.8, 4) is 0 Å². The highest BCUT2D eigenvalue weighted by atomic mass is 32.2. The van der Waals surface area contributed by atoms with Gasteiger partial charge in [0.25, 0.3) is 0 Å². The summed E-state index contributed by atoms with van der Waals surface area (Å²) in [5.74, 6) is 0.518. The first-order valence-electron chi connectivity index (χ1n) is 6.43. The van der Waals surface area contributed by atoms with Gasteiger partial charge in [0.2, 0.25) is 0 Å². The van der Waals surface area contributed by atoms with E-state index < -0.39 is 9.84 Å². The second-order valence-electron chi connectivity index (χ2n) is 4.38. The monoisotopic (exact) mass is 265 g/mol. The van der Waals surface area contributed by atoms with Crippen molar-refractivity contribution in [2.75, 3.05) is 25.2 Å². The third kappa shape index (κ3) is 7.73. The zero-order valence-electron chi connectivity index (χ0n) is 11.5. The van der Waals surface area contributed by atoms with Crippen molar-refractivity contribution >= 4 is 9.84 Å². The maximum absolute atomic E-state index is 11.4. The minimum absolute atomic E-state index is 0.117. The smallest absolute Gasteiger partial charge is 0.150 e. The molecule has 0 aliphatic heterocycles. The van der Waals surface area contributed by atoms with Crippen LogP contribution in [0.2, 0.25) is 0 Å². The third-order valence-corrected chi connectivity index (χ3v) is 4.80. The Hall–Kier alpha value is -0.130. The van der Waals surface area contributed by atoms with Crippen molar-refractivity contribution in [3.05, 3.63) is 0 Å². The number of nitrogens with one attached hydrogen (secondary N) is 1. The summed E-state index contributed by atoms with van der Waals surface area (Å²) in [5, 5.41) is 3.40. The first-order chi connectivity index (χ1) is 7.96. The van der Waals surface area contributed by atoms with Crippen LogP contribution < -0.4 is 5.32 Å². The molecule has 0 aromatic rings. The number of methoxy groups -OCH3 is 1. The third-order valence-electron chi connectivity index (χ3n) is 3.01. The topological polar surface area (TPSA) is 55.4 Å². The maximum atomic E-state index is 11.4. The SMILES string of the molecule is CCCNC(CCCS(=O)(=O)CC)C(C)OC. The van der Waals surface area contributed by atoms with Gasteiger partial charge in [-0.1, -0.05) is 13.8 Å².